The van der Waals surface area contributed by atoms with Crippen LogP contribution in [0, 0.1) is 0 Å². The molecular weight excluding hydrogens is 362 g/mol. The number of carbonyl (C=O) groups is 3. The Labute approximate surface area is 164 Å². The lowest BCUT2D eigenvalue weighted by molar-refractivity contribution is -0.136. The first kappa shape index (κ1) is 19.7. The Kier molecular flexibility index (Phi) is 5.87. The van der Waals surface area contributed by atoms with E-state index in [4.69, 9.17) is 9.47 Å². The Morgan fingerprint density at radius 1 is 1.21 bits per heavy atom. The maximum atomic E-state index is 12.7. The topological polar surface area (TPSA) is 88.2 Å². The van der Waals surface area contributed by atoms with Crippen LogP contribution < -0.4 is 10.1 Å². The number of benzene rings is 1. The molecule has 0 saturated carbocycles. The molecule has 2 heterocycles. The predicted molar refractivity (Wildman–Crippen MR) is 102 cm³/mol. The Hall–Kier alpha value is -3.03. The molecule has 1 N–H and O–H groups in total. The predicted octanol–water partition coefficient (Wildman–Crippen LogP) is 1.83. The maximum absolute atomic E-state index is 12.7. The van der Waals surface area contributed by atoms with Crippen LogP contribution in [0.15, 0.2) is 35.5 Å². The van der Waals surface area contributed by atoms with Crippen molar-refractivity contribution in [2.75, 3.05) is 32.8 Å². The smallest absolute Gasteiger partial charge is 0.338 e. The number of amides is 3. The number of carbonyl (C=O) groups excluding carboxylic acids is 3. The summed E-state index contributed by atoms with van der Waals surface area (Å²) >= 11 is 0. The number of hydrogen-bond donors (Lipinski definition) is 1. The zero-order valence-electron chi connectivity index (χ0n) is 16.4. The summed E-state index contributed by atoms with van der Waals surface area (Å²) in [5.41, 5.74) is 1.57. The molecule has 8 nitrogen and oxygen atoms in total. The van der Waals surface area contributed by atoms with E-state index in [0.29, 0.717) is 36.7 Å². The summed E-state index contributed by atoms with van der Waals surface area (Å²) in [7, 11) is 0. The molecule has 2 aliphatic heterocycles. The quantitative estimate of drug-likeness (QED) is 0.721. The summed E-state index contributed by atoms with van der Waals surface area (Å²) in [4.78, 5) is 40.6. The molecule has 1 atom stereocenters. The minimum atomic E-state index is -0.618. The minimum Gasteiger partial charge on any atom is -0.494 e. The van der Waals surface area contributed by atoms with Crippen LogP contribution >= 0.6 is 0 Å². The van der Waals surface area contributed by atoms with Gasteiger partial charge in [0.15, 0.2) is 0 Å². The summed E-state index contributed by atoms with van der Waals surface area (Å²) in [5.74, 6) is 0.0584. The molecule has 0 aromatic heterocycles. The van der Waals surface area contributed by atoms with E-state index in [1.807, 2.05) is 32.9 Å². The lowest BCUT2D eigenvalue weighted by Gasteiger charge is -2.33. The van der Waals surface area contributed by atoms with E-state index in [2.05, 4.69) is 5.32 Å². The van der Waals surface area contributed by atoms with E-state index < -0.39 is 18.0 Å². The van der Waals surface area contributed by atoms with Gasteiger partial charge in [0.05, 0.1) is 23.9 Å². The summed E-state index contributed by atoms with van der Waals surface area (Å²) in [6.07, 6.45) is 0. The summed E-state index contributed by atoms with van der Waals surface area (Å²) in [5, 5.41) is 2.83. The van der Waals surface area contributed by atoms with Gasteiger partial charge < -0.3 is 19.7 Å². The second-order valence-electron chi connectivity index (χ2n) is 6.47. The van der Waals surface area contributed by atoms with Crippen LogP contribution in [0.3, 0.4) is 0 Å². The molecule has 2 aliphatic rings. The number of cyclic esters (lactones) is 1. The monoisotopic (exact) mass is 387 g/mol. The molecule has 1 aromatic rings. The molecule has 1 aromatic carbocycles. The van der Waals surface area contributed by atoms with E-state index in [9.17, 15) is 14.4 Å². The van der Waals surface area contributed by atoms with Gasteiger partial charge in [-0.1, -0.05) is 12.1 Å². The zero-order valence-corrected chi connectivity index (χ0v) is 16.4. The molecule has 8 heteroatoms. The van der Waals surface area contributed by atoms with Crippen LogP contribution in [0.25, 0.3) is 0 Å². The van der Waals surface area contributed by atoms with Gasteiger partial charge >= 0.3 is 12.0 Å². The van der Waals surface area contributed by atoms with Crippen LogP contribution in [-0.2, 0) is 14.3 Å². The molecule has 0 spiro atoms. The number of urea groups is 1. The molecule has 0 fully saturated rings. The summed E-state index contributed by atoms with van der Waals surface area (Å²) in [6, 6.07) is 6.17. The number of rotatable bonds is 7. The fraction of sp³-hybridized carbons (Fsp3) is 0.450. The molecule has 0 bridgehead atoms. The van der Waals surface area contributed by atoms with Crippen LogP contribution in [0.4, 0.5) is 4.79 Å². The Bertz CT molecular complexity index is 799. The SMILES string of the molecule is CCOc1ccc([C@@H]2NC(=O)N(CC(=O)N(CC)CC)C3=C2C(=O)OC3)cc1. The number of esters is 1. The highest BCUT2D eigenvalue weighted by atomic mass is 16.5. The number of ether oxygens (including phenoxy) is 2. The Morgan fingerprint density at radius 2 is 1.89 bits per heavy atom. The van der Waals surface area contributed by atoms with Gasteiger partial charge in [-0.2, -0.15) is 0 Å². The fourth-order valence-electron chi connectivity index (χ4n) is 3.46. The highest BCUT2D eigenvalue weighted by Gasteiger charge is 2.42. The van der Waals surface area contributed by atoms with E-state index in [-0.39, 0.29) is 19.1 Å². The molecule has 0 saturated heterocycles. The van der Waals surface area contributed by atoms with Crippen molar-refractivity contribution in [1.82, 2.24) is 15.1 Å². The number of hydrogen-bond acceptors (Lipinski definition) is 5. The molecule has 3 amide bonds. The van der Waals surface area contributed by atoms with Crippen molar-refractivity contribution in [3.8, 4) is 5.75 Å². The lowest BCUT2D eigenvalue weighted by atomic mass is 9.95. The lowest BCUT2D eigenvalue weighted by Crippen LogP contribution is -2.51. The van der Waals surface area contributed by atoms with Crippen molar-refractivity contribution in [3.63, 3.8) is 0 Å². The highest BCUT2D eigenvalue weighted by Crippen LogP contribution is 2.35. The van der Waals surface area contributed by atoms with Gasteiger partial charge in [0.1, 0.15) is 18.9 Å². The molecule has 28 heavy (non-hydrogen) atoms. The van der Waals surface area contributed by atoms with Gasteiger partial charge in [-0.15, -0.1) is 0 Å². The second-order valence-corrected chi connectivity index (χ2v) is 6.47. The minimum absolute atomic E-state index is 0.0132. The third-order valence-corrected chi connectivity index (χ3v) is 4.93. The molecular formula is C20H25N3O5. The third kappa shape index (κ3) is 3.67. The standard InChI is InChI=1S/C20H25N3O5/c1-4-22(5-2)16(24)11-23-15-12-28-19(25)17(15)18(21-20(23)26)13-7-9-14(10-8-13)27-6-3/h7-10,18H,4-6,11-12H2,1-3H3,(H,21,26)/t18-/m0/s1. The van der Waals surface area contributed by atoms with E-state index in [0.717, 1.165) is 5.56 Å². The second kappa shape index (κ2) is 8.33. The van der Waals surface area contributed by atoms with Crippen LogP contribution in [0.2, 0.25) is 0 Å². The third-order valence-electron chi connectivity index (χ3n) is 4.93. The average molecular weight is 387 g/mol. The van der Waals surface area contributed by atoms with Crippen molar-refractivity contribution in [2.24, 2.45) is 0 Å². The Morgan fingerprint density at radius 3 is 2.50 bits per heavy atom. The normalized spacial score (nSPS) is 18.5. The first-order valence-corrected chi connectivity index (χ1v) is 9.48. The van der Waals surface area contributed by atoms with Crippen molar-refractivity contribution >= 4 is 17.9 Å². The largest absolute Gasteiger partial charge is 0.494 e. The van der Waals surface area contributed by atoms with Gasteiger partial charge in [0.2, 0.25) is 5.91 Å². The van der Waals surface area contributed by atoms with Gasteiger partial charge in [-0.05, 0) is 38.5 Å². The zero-order chi connectivity index (χ0) is 20.3. The van der Waals surface area contributed by atoms with Crippen LogP contribution in [0.5, 0.6) is 5.75 Å². The van der Waals surface area contributed by atoms with Crippen molar-refractivity contribution in [1.29, 1.82) is 0 Å². The number of likely N-dealkylation sites (N-methyl/N-ethyl adjacent to an activating group) is 1. The molecule has 3 rings (SSSR count). The summed E-state index contributed by atoms with van der Waals surface area (Å²) < 4.78 is 10.6. The van der Waals surface area contributed by atoms with Gasteiger partial charge in [0, 0.05) is 13.1 Å². The Balaban J connectivity index is 1.90. The highest BCUT2D eigenvalue weighted by molar-refractivity contribution is 5.98. The first-order valence-electron chi connectivity index (χ1n) is 9.48. The number of nitrogens with one attached hydrogen (secondary N) is 1. The van der Waals surface area contributed by atoms with Crippen molar-refractivity contribution in [2.45, 2.75) is 26.8 Å². The maximum Gasteiger partial charge on any atom is 0.338 e. The van der Waals surface area contributed by atoms with Crippen molar-refractivity contribution < 1.29 is 23.9 Å². The summed E-state index contributed by atoms with van der Waals surface area (Å²) in [6.45, 7) is 7.19. The van der Waals surface area contributed by atoms with Gasteiger partial charge in [0.25, 0.3) is 0 Å². The van der Waals surface area contributed by atoms with E-state index in [1.165, 1.54) is 4.90 Å². The van der Waals surface area contributed by atoms with Gasteiger partial charge in [-0.3, -0.25) is 9.69 Å². The van der Waals surface area contributed by atoms with Crippen LogP contribution in [0.1, 0.15) is 32.4 Å². The average Bonchev–Trinajstić information content (AvgIpc) is 3.07. The molecule has 0 unspecified atom stereocenters. The molecule has 0 aliphatic carbocycles. The van der Waals surface area contributed by atoms with Crippen LogP contribution in [-0.4, -0.2) is 60.6 Å². The fourth-order valence-corrected chi connectivity index (χ4v) is 3.46. The molecule has 150 valence electrons. The van der Waals surface area contributed by atoms with E-state index in [1.54, 1.807) is 17.0 Å². The van der Waals surface area contributed by atoms with Gasteiger partial charge in [-0.25, -0.2) is 9.59 Å². The number of nitrogens with zero attached hydrogens (tertiary/aromatic N) is 2. The van der Waals surface area contributed by atoms with E-state index >= 15 is 0 Å². The first-order chi connectivity index (χ1) is 13.5. The molecule has 0 radical (unpaired) electrons. The van der Waals surface area contributed by atoms with Crippen molar-refractivity contribution in [3.05, 3.63) is 41.1 Å².